The lowest BCUT2D eigenvalue weighted by molar-refractivity contribution is 0.0727. The fourth-order valence-electron chi connectivity index (χ4n) is 2.65. The van der Waals surface area contributed by atoms with Crippen molar-refractivity contribution in [3.63, 3.8) is 0 Å². The van der Waals surface area contributed by atoms with Crippen LogP contribution < -0.4 is 4.74 Å². The van der Waals surface area contributed by atoms with E-state index < -0.39 is 0 Å². The number of rotatable bonds is 3. The van der Waals surface area contributed by atoms with E-state index in [9.17, 15) is 4.79 Å². The Bertz CT molecular complexity index is 684. The van der Waals surface area contributed by atoms with Crippen LogP contribution in [-0.4, -0.2) is 24.5 Å². The van der Waals surface area contributed by atoms with Crippen LogP contribution in [0.3, 0.4) is 0 Å². The lowest BCUT2D eigenvalue weighted by Crippen LogP contribution is -2.36. The summed E-state index contributed by atoms with van der Waals surface area (Å²) in [6.07, 6.45) is 0.916. The van der Waals surface area contributed by atoms with Gasteiger partial charge in [-0.25, -0.2) is 0 Å². The van der Waals surface area contributed by atoms with Crippen LogP contribution in [0.25, 0.3) is 0 Å². The molecule has 0 saturated heterocycles. The molecule has 108 valence electrons. The maximum Gasteiger partial charge on any atom is 0.254 e. The van der Waals surface area contributed by atoms with Gasteiger partial charge in [0.2, 0.25) is 0 Å². The number of fused-ring (bicyclic) bond motifs is 1. The van der Waals surface area contributed by atoms with Gasteiger partial charge in [-0.2, -0.15) is 0 Å². The molecule has 0 aromatic heterocycles. The number of nitrogens with zero attached hydrogens (tertiary/aromatic N) is 1. The highest BCUT2D eigenvalue weighted by molar-refractivity contribution is 9.10. The summed E-state index contributed by atoms with van der Waals surface area (Å²) in [7, 11) is 1.64. The average molecular weight is 346 g/mol. The van der Waals surface area contributed by atoms with E-state index in [1.165, 1.54) is 0 Å². The van der Waals surface area contributed by atoms with Crippen LogP contribution in [0.4, 0.5) is 0 Å². The standard InChI is InChI=1S/C17H16BrNO2/c1-21-16-7-6-12(10-15(16)18)11-19-9-8-13-4-2-3-5-14(13)17(19)20/h2-7,10H,8-9,11H2,1H3. The fraction of sp³-hybridized carbons (Fsp3) is 0.235. The van der Waals surface area contributed by atoms with Crippen LogP contribution in [0.2, 0.25) is 0 Å². The van der Waals surface area contributed by atoms with E-state index in [0.29, 0.717) is 6.54 Å². The molecule has 0 spiro atoms. The smallest absolute Gasteiger partial charge is 0.254 e. The SMILES string of the molecule is COc1ccc(CN2CCc3ccccc3C2=O)cc1Br. The van der Waals surface area contributed by atoms with Crippen molar-refractivity contribution in [1.29, 1.82) is 0 Å². The number of hydrogen-bond donors (Lipinski definition) is 0. The second kappa shape index (κ2) is 5.90. The minimum Gasteiger partial charge on any atom is -0.496 e. The van der Waals surface area contributed by atoms with E-state index in [2.05, 4.69) is 15.9 Å². The molecule has 21 heavy (non-hydrogen) atoms. The average Bonchev–Trinajstić information content (AvgIpc) is 2.51. The number of carbonyl (C=O) groups is 1. The van der Waals surface area contributed by atoms with Crippen LogP contribution >= 0.6 is 15.9 Å². The first-order valence-corrected chi connectivity index (χ1v) is 7.68. The molecule has 0 aliphatic carbocycles. The van der Waals surface area contributed by atoms with Crippen molar-refractivity contribution in [2.75, 3.05) is 13.7 Å². The van der Waals surface area contributed by atoms with Gasteiger partial charge in [-0.3, -0.25) is 4.79 Å². The molecule has 4 heteroatoms. The lowest BCUT2D eigenvalue weighted by atomic mass is 9.99. The molecule has 0 atom stereocenters. The topological polar surface area (TPSA) is 29.5 Å². The molecule has 0 bridgehead atoms. The summed E-state index contributed by atoms with van der Waals surface area (Å²) in [5.74, 6) is 0.915. The largest absolute Gasteiger partial charge is 0.496 e. The Morgan fingerprint density at radius 3 is 2.81 bits per heavy atom. The molecule has 1 aliphatic rings. The van der Waals surface area contributed by atoms with Crippen molar-refractivity contribution in [3.05, 3.63) is 63.6 Å². The summed E-state index contributed by atoms with van der Waals surface area (Å²) in [4.78, 5) is 14.4. The lowest BCUT2D eigenvalue weighted by Gasteiger charge is -2.28. The van der Waals surface area contributed by atoms with Gasteiger partial charge in [0.15, 0.2) is 0 Å². The highest BCUT2D eigenvalue weighted by atomic mass is 79.9. The monoisotopic (exact) mass is 345 g/mol. The Labute approximate surface area is 132 Å². The van der Waals surface area contributed by atoms with Crippen molar-refractivity contribution in [3.8, 4) is 5.75 Å². The summed E-state index contributed by atoms with van der Waals surface area (Å²) >= 11 is 3.48. The molecule has 3 nitrogen and oxygen atoms in total. The molecular formula is C17H16BrNO2. The molecule has 0 saturated carbocycles. The molecule has 0 radical (unpaired) electrons. The number of methoxy groups -OCH3 is 1. The Balaban J connectivity index is 1.80. The van der Waals surface area contributed by atoms with Crippen LogP contribution in [0.15, 0.2) is 46.9 Å². The first kappa shape index (κ1) is 14.1. The Morgan fingerprint density at radius 2 is 2.05 bits per heavy atom. The van der Waals surface area contributed by atoms with Gasteiger partial charge in [-0.15, -0.1) is 0 Å². The Kier molecular flexibility index (Phi) is 3.97. The first-order valence-electron chi connectivity index (χ1n) is 6.88. The zero-order valence-corrected chi connectivity index (χ0v) is 13.4. The summed E-state index contributed by atoms with van der Waals surface area (Å²) in [6, 6.07) is 13.8. The summed E-state index contributed by atoms with van der Waals surface area (Å²) in [5, 5.41) is 0. The summed E-state index contributed by atoms with van der Waals surface area (Å²) in [5.41, 5.74) is 3.07. The van der Waals surface area contributed by atoms with E-state index in [1.807, 2.05) is 47.4 Å². The number of ether oxygens (including phenoxy) is 1. The quantitative estimate of drug-likeness (QED) is 0.849. The number of hydrogen-bond acceptors (Lipinski definition) is 2. The second-order valence-electron chi connectivity index (χ2n) is 5.10. The Morgan fingerprint density at radius 1 is 1.24 bits per heavy atom. The molecule has 1 heterocycles. The Hall–Kier alpha value is -1.81. The van der Waals surface area contributed by atoms with Crippen molar-refractivity contribution in [2.24, 2.45) is 0 Å². The van der Waals surface area contributed by atoms with Gasteiger partial charge in [0.05, 0.1) is 11.6 Å². The van der Waals surface area contributed by atoms with Crippen LogP contribution in [-0.2, 0) is 13.0 Å². The van der Waals surface area contributed by atoms with Crippen LogP contribution in [0.1, 0.15) is 21.5 Å². The van der Waals surface area contributed by atoms with Crippen molar-refractivity contribution in [1.82, 2.24) is 4.90 Å². The van der Waals surface area contributed by atoms with Crippen molar-refractivity contribution in [2.45, 2.75) is 13.0 Å². The predicted molar refractivity (Wildman–Crippen MR) is 85.6 cm³/mol. The molecule has 0 fully saturated rings. The van der Waals surface area contributed by atoms with Gasteiger partial charge in [-0.1, -0.05) is 24.3 Å². The van der Waals surface area contributed by atoms with E-state index >= 15 is 0 Å². The number of carbonyl (C=O) groups excluding carboxylic acids is 1. The minimum atomic E-state index is 0.115. The molecule has 2 aromatic carbocycles. The summed E-state index contributed by atoms with van der Waals surface area (Å²) < 4.78 is 6.14. The van der Waals surface area contributed by atoms with Crippen LogP contribution in [0.5, 0.6) is 5.75 Å². The molecule has 0 N–H and O–H groups in total. The van der Waals surface area contributed by atoms with E-state index in [-0.39, 0.29) is 5.91 Å². The third kappa shape index (κ3) is 2.81. The minimum absolute atomic E-state index is 0.115. The highest BCUT2D eigenvalue weighted by Crippen LogP contribution is 2.27. The molecule has 2 aromatic rings. The van der Waals surface area contributed by atoms with E-state index in [1.54, 1.807) is 7.11 Å². The molecular weight excluding hydrogens is 330 g/mol. The fourth-order valence-corrected chi connectivity index (χ4v) is 3.24. The maximum atomic E-state index is 12.5. The van der Waals surface area contributed by atoms with Gasteiger partial charge in [0, 0.05) is 18.7 Å². The van der Waals surface area contributed by atoms with Crippen molar-refractivity contribution >= 4 is 21.8 Å². The second-order valence-corrected chi connectivity index (χ2v) is 5.96. The molecule has 1 aliphatic heterocycles. The van der Waals surface area contributed by atoms with Gasteiger partial charge < -0.3 is 9.64 Å². The van der Waals surface area contributed by atoms with Crippen molar-refractivity contribution < 1.29 is 9.53 Å². The van der Waals surface area contributed by atoms with E-state index in [0.717, 1.165) is 39.9 Å². The molecule has 3 rings (SSSR count). The van der Waals surface area contributed by atoms with Gasteiger partial charge in [-0.05, 0) is 51.7 Å². The number of benzene rings is 2. The highest BCUT2D eigenvalue weighted by Gasteiger charge is 2.23. The third-order valence-corrected chi connectivity index (χ3v) is 4.40. The third-order valence-electron chi connectivity index (χ3n) is 3.78. The maximum absolute atomic E-state index is 12.5. The molecule has 1 amide bonds. The predicted octanol–water partition coefficient (Wildman–Crippen LogP) is 3.66. The van der Waals surface area contributed by atoms with Gasteiger partial charge >= 0.3 is 0 Å². The zero-order chi connectivity index (χ0) is 14.8. The summed E-state index contributed by atoms with van der Waals surface area (Å²) in [6.45, 7) is 1.38. The zero-order valence-electron chi connectivity index (χ0n) is 11.8. The van der Waals surface area contributed by atoms with E-state index in [4.69, 9.17) is 4.74 Å². The number of amides is 1. The van der Waals surface area contributed by atoms with Gasteiger partial charge in [0.25, 0.3) is 5.91 Å². The number of halogens is 1. The van der Waals surface area contributed by atoms with Gasteiger partial charge in [0.1, 0.15) is 5.75 Å². The first-order chi connectivity index (χ1) is 10.2. The normalized spacial score (nSPS) is 14.0. The molecule has 0 unspecified atom stereocenters. The van der Waals surface area contributed by atoms with Crippen LogP contribution in [0, 0.1) is 0 Å².